The molecule has 2 aromatic heterocycles. The molecule has 0 spiro atoms. The molecule has 4 rings (SSSR count). The van der Waals surface area contributed by atoms with Crippen molar-refractivity contribution in [2.24, 2.45) is 0 Å². The van der Waals surface area contributed by atoms with E-state index >= 15 is 0 Å². The molecule has 0 radical (unpaired) electrons. The average molecular weight is 352 g/mol. The fourth-order valence-electron chi connectivity index (χ4n) is 3.55. The van der Waals surface area contributed by atoms with Crippen molar-refractivity contribution in [2.75, 3.05) is 20.1 Å². The van der Waals surface area contributed by atoms with E-state index in [0.29, 0.717) is 0 Å². The largest absolute Gasteiger partial charge is 0.298 e. The monoisotopic (exact) mass is 351 g/mol. The first kappa shape index (κ1) is 16.7. The van der Waals surface area contributed by atoms with E-state index in [4.69, 9.17) is 4.98 Å². The van der Waals surface area contributed by atoms with Gasteiger partial charge in [-0.2, -0.15) is 0 Å². The van der Waals surface area contributed by atoms with Crippen molar-refractivity contribution < 1.29 is 0 Å². The van der Waals surface area contributed by atoms with Crippen molar-refractivity contribution >= 4 is 22.2 Å². The second-order valence-corrected chi connectivity index (χ2v) is 8.27. The van der Waals surface area contributed by atoms with Crippen molar-refractivity contribution in [3.8, 4) is 0 Å². The lowest BCUT2D eigenvalue weighted by atomic mass is 10.2. The van der Waals surface area contributed by atoms with Gasteiger partial charge >= 0.3 is 0 Å². The maximum absolute atomic E-state index is 4.79. The zero-order valence-corrected chi connectivity index (χ0v) is 15.6. The quantitative estimate of drug-likeness (QED) is 0.651. The molecule has 1 saturated heterocycles. The summed E-state index contributed by atoms with van der Waals surface area (Å²) in [6, 6.07) is 17.2. The van der Waals surface area contributed by atoms with Crippen LogP contribution >= 0.6 is 11.3 Å². The van der Waals surface area contributed by atoms with Crippen LogP contribution in [-0.2, 0) is 19.6 Å². The van der Waals surface area contributed by atoms with Crippen LogP contribution in [0.2, 0.25) is 0 Å². The molecule has 0 aliphatic carbocycles. The summed E-state index contributed by atoms with van der Waals surface area (Å²) in [7, 11) is 2.18. The molecule has 1 aliphatic heterocycles. The SMILES string of the molecule is CN(Cc1ccc2ccccc2n1)Cc1ccc(CN2CCCC2)s1. The highest BCUT2D eigenvalue weighted by atomic mass is 32.1. The number of hydrogen-bond acceptors (Lipinski definition) is 4. The minimum Gasteiger partial charge on any atom is -0.298 e. The Morgan fingerprint density at radius 1 is 0.960 bits per heavy atom. The second-order valence-electron chi connectivity index (χ2n) is 7.02. The number of fused-ring (bicyclic) bond motifs is 1. The zero-order chi connectivity index (χ0) is 17.1. The van der Waals surface area contributed by atoms with Gasteiger partial charge in [0.25, 0.3) is 0 Å². The van der Waals surface area contributed by atoms with E-state index in [-0.39, 0.29) is 0 Å². The first-order valence-corrected chi connectivity index (χ1v) is 9.91. The maximum Gasteiger partial charge on any atom is 0.0705 e. The zero-order valence-electron chi connectivity index (χ0n) is 14.8. The molecule has 1 aliphatic rings. The van der Waals surface area contributed by atoms with Crippen LogP contribution in [0.3, 0.4) is 0 Å². The van der Waals surface area contributed by atoms with Crippen LogP contribution in [-0.4, -0.2) is 34.9 Å². The molecular formula is C21H25N3S. The molecule has 0 bridgehead atoms. The van der Waals surface area contributed by atoms with Gasteiger partial charge in [-0.3, -0.25) is 14.8 Å². The van der Waals surface area contributed by atoms with E-state index in [1.165, 1.54) is 41.1 Å². The number of benzene rings is 1. The molecule has 3 heterocycles. The Balaban J connectivity index is 1.36. The standard InChI is InChI=1S/C21H25N3S/c1-23(14-18-9-8-17-6-2-3-7-21(17)22-18)15-19-10-11-20(25-19)16-24-12-4-5-13-24/h2-3,6-11H,4-5,12-16H2,1H3. The Bertz CT molecular complexity index is 836. The maximum atomic E-state index is 4.79. The van der Waals surface area contributed by atoms with E-state index in [2.05, 4.69) is 65.4 Å². The van der Waals surface area contributed by atoms with Crippen LogP contribution in [0, 0.1) is 0 Å². The average Bonchev–Trinajstić information content (AvgIpc) is 3.27. The molecular weight excluding hydrogens is 326 g/mol. The highest BCUT2D eigenvalue weighted by molar-refractivity contribution is 7.11. The Kier molecular flexibility index (Phi) is 5.11. The van der Waals surface area contributed by atoms with Crippen LogP contribution in [0.25, 0.3) is 10.9 Å². The summed E-state index contributed by atoms with van der Waals surface area (Å²) in [5, 5.41) is 1.21. The predicted molar refractivity (Wildman–Crippen MR) is 106 cm³/mol. The van der Waals surface area contributed by atoms with Gasteiger partial charge in [-0.05, 0) is 57.2 Å². The minimum atomic E-state index is 0.879. The summed E-state index contributed by atoms with van der Waals surface area (Å²) in [5.74, 6) is 0. The number of likely N-dealkylation sites (tertiary alicyclic amines) is 1. The van der Waals surface area contributed by atoms with E-state index in [0.717, 1.165) is 30.8 Å². The number of para-hydroxylation sites is 1. The van der Waals surface area contributed by atoms with Gasteiger partial charge in [-0.25, -0.2) is 0 Å². The molecule has 3 nitrogen and oxygen atoms in total. The van der Waals surface area contributed by atoms with Gasteiger partial charge in [0.05, 0.1) is 11.2 Å². The Hall–Kier alpha value is -1.75. The fraction of sp³-hybridized carbons (Fsp3) is 0.381. The summed E-state index contributed by atoms with van der Waals surface area (Å²) in [5.41, 5.74) is 2.22. The molecule has 0 N–H and O–H groups in total. The Morgan fingerprint density at radius 3 is 2.64 bits per heavy atom. The molecule has 0 unspecified atom stereocenters. The number of pyridine rings is 1. The topological polar surface area (TPSA) is 19.4 Å². The van der Waals surface area contributed by atoms with Crippen molar-refractivity contribution in [3.05, 3.63) is 64.0 Å². The second kappa shape index (κ2) is 7.65. The van der Waals surface area contributed by atoms with Crippen LogP contribution in [0.15, 0.2) is 48.5 Å². The smallest absolute Gasteiger partial charge is 0.0705 e. The summed E-state index contributed by atoms with van der Waals surface area (Å²) < 4.78 is 0. The van der Waals surface area contributed by atoms with Gasteiger partial charge in [0.2, 0.25) is 0 Å². The van der Waals surface area contributed by atoms with Crippen LogP contribution in [0.5, 0.6) is 0 Å². The first-order chi connectivity index (χ1) is 12.3. The lowest BCUT2D eigenvalue weighted by Crippen LogP contribution is -2.18. The van der Waals surface area contributed by atoms with Gasteiger partial charge in [0, 0.05) is 34.8 Å². The number of aromatic nitrogens is 1. The van der Waals surface area contributed by atoms with E-state index in [1.54, 1.807) is 0 Å². The highest BCUT2D eigenvalue weighted by Crippen LogP contribution is 2.22. The lowest BCUT2D eigenvalue weighted by molar-refractivity contribution is 0.318. The van der Waals surface area contributed by atoms with E-state index in [9.17, 15) is 0 Å². The van der Waals surface area contributed by atoms with Crippen molar-refractivity contribution in [1.29, 1.82) is 0 Å². The summed E-state index contributed by atoms with van der Waals surface area (Å²) in [4.78, 5) is 12.6. The molecule has 0 saturated carbocycles. The van der Waals surface area contributed by atoms with Crippen LogP contribution < -0.4 is 0 Å². The van der Waals surface area contributed by atoms with Crippen molar-refractivity contribution in [3.63, 3.8) is 0 Å². The van der Waals surface area contributed by atoms with E-state index < -0.39 is 0 Å². The molecule has 1 aromatic carbocycles. The van der Waals surface area contributed by atoms with Crippen molar-refractivity contribution in [2.45, 2.75) is 32.5 Å². The predicted octanol–water partition coefficient (Wildman–Crippen LogP) is 4.52. The van der Waals surface area contributed by atoms with Gasteiger partial charge in [-0.15, -0.1) is 11.3 Å². The Labute approximate surface area is 153 Å². The fourth-order valence-corrected chi connectivity index (χ4v) is 4.69. The summed E-state index contributed by atoms with van der Waals surface area (Å²) >= 11 is 1.96. The van der Waals surface area contributed by atoms with Crippen LogP contribution in [0.1, 0.15) is 28.3 Å². The van der Waals surface area contributed by atoms with Gasteiger partial charge in [0.15, 0.2) is 0 Å². The van der Waals surface area contributed by atoms with Crippen molar-refractivity contribution in [1.82, 2.24) is 14.8 Å². The number of rotatable bonds is 6. The molecule has 0 amide bonds. The van der Waals surface area contributed by atoms with Gasteiger partial charge < -0.3 is 0 Å². The third-order valence-electron chi connectivity index (χ3n) is 4.81. The summed E-state index contributed by atoms with van der Waals surface area (Å²) in [6.45, 7) is 5.52. The molecule has 4 heteroatoms. The minimum absolute atomic E-state index is 0.879. The third-order valence-corrected chi connectivity index (χ3v) is 5.86. The normalized spacial score (nSPS) is 15.4. The van der Waals surface area contributed by atoms with Crippen LogP contribution in [0.4, 0.5) is 0 Å². The lowest BCUT2D eigenvalue weighted by Gasteiger charge is -2.15. The molecule has 25 heavy (non-hydrogen) atoms. The number of nitrogens with zero attached hydrogens (tertiary/aromatic N) is 3. The first-order valence-electron chi connectivity index (χ1n) is 9.09. The van der Waals surface area contributed by atoms with E-state index in [1.807, 2.05) is 11.3 Å². The number of thiophene rings is 1. The molecule has 1 fully saturated rings. The Morgan fingerprint density at radius 2 is 1.76 bits per heavy atom. The van der Waals surface area contributed by atoms with Gasteiger partial charge in [-0.1, -0.05) is 24.3 Å². The molecule has 130 valence electrons. The summed E-state index contributed by atoms with van der Waals surface area (Å²) in [6.07, 6.45) is 2.72. The molecule has 0 atom stereocenters. The highest BCUT2D eigenvalue weighted by Gasteiger charge is 2.13. The third kappa shape index (κ3) is 4.27. The van der Waals surface area contributed by atoms with Gasteiger partial charge in [0.1, 0.15) is 0 Å². The molecule has 3 aromatic rings. The number of hydrogen-bond donors (Lipinski definition) is 0.